The molecule has 3 heterocycles. The van der Waals surface area contributed by atoms with Crippen molar-refractivity contribution in [1.29, 1.82) is 0 Å². The van der Waals surface area contributed by atoms with E-state index in [1.165, 1.54) is 33.6 Å². The summed E-state index contributed by atoms with van der Waals surface area (Å²) in [6.45, 7) is 17.6. The van der Waals surface area contributed by atoms with Crippen LogP contribution in [0.1, 0.15) is 64.7 Å². The zero-order valence-corrected chi connectivity index (χ0v) is 16.2. The molecule has 0 aromatic heterocycles. The Morgan fingerprint density at radius 3 is 2.42 bits per heavy atom. The average molecular weight is 322 g/mol. The molecule has 0 fully saturated rings. The lowest BCUT2D eigenvalue weighted by molar-refractivity contribution is 0.0531. The predicted octanol–water partition coefficient (Wildman–Crippen LogP) is 5.43. The molecule has 0 aliphatic carbocycles. The molecule has 0 saturated heterocycles. The Bertz CT molecular complexity index is 783. The van der Waals surface area contributed by atoms with Gasteiger partial charge < -0.3 is 9.80 Å². The second-order valence-electron chi connectivity index (χ2n) is 8.57. The number of hydrogen-bond donors (Lipinski definition) is 0. The molecule has 1 aromatic carbocycles. The van der Waals surface area contributed by atoms with E-state index in [9.17, 15) is 0 Å². The fourth-order valence-corrected chi connectivity index (χ4v) is 5.29. The smallest absolute Gasteiger partial charge is 0.112 e. The SMILES string of the molecule is CCN1C=C2C=C(C)c3cc(C)cc4c3N2C1C(C)(C)C4(C)CC. The molecule has 0 saturated carbocycles. The molecule has 2 heteroatoms. The highest BCUT2D eigenvalue weighted by atomic mass is 15.4. The third-order valence-electron chi connectivity index (χ3n) is 7.15. The second-order valence-corrected chi connectivity index (χ2v) is 8.57. The minimum Gasteiger partial charge on any atom is -0.355 e. The van der Waals surface area contributed by atoms with Crippen LogP contribution in [0.2, 0.25) is 0 Å². The number of hydrogen-bond acceptors (Lipinski definition) is 2. The number of benzene rings is 1. The highest BCUT2D eigenvalue weighted by Crippen LogP contribution is 2.61. The Morgan fingerprint density at radius 1 is 1.08 bits per heavy atom. The van der Waals surface area contributed by atoms with Crippen LogP contribution < -0.4 is 4.90 Å². The number of allylic oxidation sites excluding steroid dienone is 2. The van der Waals surface area contributed by atoms with Crippen molar-refractivity contribution in [3.63, 3.8) is 0 Å². The van der Waals surface area contributed by atoms with Crippen molar-refractivity contribution >= 4 is 11.3 Å². The van der Waals surface area contributed by atoms with Crippen molar-refractivity contribution in [3.8, 4) is 0 Å². The van der Waals surface area contributed by atoms with E-state index in [2.05, 4.69) is 82.7 Å². The predicted molar refractivity (Wildman–Crippen MR) is 103 cm³/mol. The van der Waals surface area contributed by atoms with Gasteiger partial charge in [0.2, 0.25) is 0 Å². The van der Waals surface area contributed by atoms with Gasteiger partial charge in [0.15, 0.2) is 0 Å². The van der Waals surface area contributed by atoms with E-state index in [4.69, 9.17) is 0 Å². The molecule has 128 valence electrons. The summed E-state index contributed by atoms with van der Waals surface area (Å²) in [5.74, 6) is 0. The van der Waals surface area contributed by atoms with Gasteiger partial charge >= 0.3 is 0 Å². The van der Waals surface area contributed by atoms with Gasteiger partial charge in [-0.2, -0.15) is 0 Å². The van der Waals surface area contributed by atoms with Gasteiger partial charge in [0.25, 0.3) is 0 Å². The maximum Gasteiger partial charge on any atom is 0.112 e. The Labute approximate surface area is 146 Å². The molecule has 0 bridgehead atoms. The van der Waals surface area contributed by atoms with E-state index in [-0.39, 0.29) is 10.8 Å². The van der Waals surface area contributed by atoms with Crippen LogP contribution in [0.25, 0.3) is 5.57 Å². The third-order valence-corrected chi connectivity index (χ3v) is 7.15. The van der Waals surface area contributed by atoms with Crippen LogP contribution in [0, 0.1) is 12.3 Å². The quantitative estimate of drug-likeness (QED) is 0.716. The largest absolute Gasteiger partial charge is 0.355 e. The van der Waals surface area contributed by atoms with Gasteiger partial charge in [-0.3, -0.25) is 0 Å². The van der Waals surface area contributed by atoms with Gasteiger partial charge in [-0.15, -0.1) is 0 Å². The molecule has 24 heavy (non-hydrogen) atoms. The van der Waals surface area contributed by atoms with Crippen LogP contribution in [0.3, 0.4) is 0 Å². The molecule has 2 nitrogen and oxygen atoms in total. The van der Waals surface area contributed by atoms with Gasteiger partial charge in [-0.1, -0.05) is 39.3 Å². The van der Waals surface area contributed by atoms with Crippen molar-refractivity contribution < 1.29 is 0 Å². The first-order chi connectivity index (χ1) is 11.3. The first-order valence-corrected chi connectivity index (χ1v) is 9.37. The highest BCUT2D eigenvalue weighted by Gasteiger charge is 2.58. The summed E-state index contributed by atoms with van der Waals surface area (Å²) in [5, 5.41) is 0. The van der Waals surface area contributed by atoms with Crippen molar-refractivity contribution in [1.82, 2.24) is 4.90 Å². The summed E-state index contributed by atoms with van der Waals surface area (Å²) in [5.41, 5.74) is 8.90. The van der Waals surface area contributed by atoms with Crippen LogP contribution in [-0.4, -0.2) is 17.6 Å². The molecule has 2 unspecified atom stereocenters. The van der Waals surface area contributed by atoms with Crippen LogP contribution in [0.4, 0.5) is 5.69 Å². The average Bonchev–Trinajstić information content (AvgIpc) is 2.91. The summed E-state index contributed by atoms with van der Waals surface area (Å²) in [6.07, 6.45) is 6.32. The topological polar surface area (TPSA) is 6.48 Å². The van der Waals surface area contributed by atoms with Crippen molar-refractivity contribution in [3.05, 3.63) is 46.8 Å². The zero-order chi connectivity index (χ0) is 17.4. The third kappa shape index (κ3) is 1.62. The summed E-state index contributed by atoms with van der Waals surface area (Å²) in [4.78, 5) is 5.17. The first-order valence-electron chi connectivity index (χ1n) is 9.37. The molecular weight excluding hydrogens is 292 g/mol. The second kappa shape index (κ2) is 4.68. The Hall–Kier alpha value is -1.70. The molecule has 0 N–H and O–H groups in total. The summed E-state index contributed by atoms with van der Waals surface area (Å²) >= 11 is 0. The highest BCUT2D eigenvalue weighted by molar-refractivity contribution is 5.88. The molecule has 3 aliphatic rings. The minimum atomic E-state index is 0.160. The number of nitrogens with zero attached hydrogens (tertiary/aromatic N) is 2. The molecule has 3 aliphatic heterocycles. The van der Waals surface area contributed by atoms with Gasteiger partial charge in [-0.25, -0.2) is 0 Å². The Morgan fingerprint density at radius 2 is 1.79 bits per heavy atom. The molecule has 0 spiro atoms. The molecular formula is C22H30N2. The van der Waals surface area contributed by atoms with E-state index < -0.39 is 0 Å². The van der Waals surface area contributed by atoms with Crippen LogP contribution >= 0.6 is 0 Å². The van der Waals surface area contributed by atoms with E-state index in [1.807, 2.05) is 0 Å². The standard InChI is InChI=1S/C22H30N2/c1-8-22(7)18-11-14(3)10-17-15(4)12-16-13-23(9-2)20(21(22,5)6)24(16)19(17)18/h10-13,20H,8-9H2,1-7H3. The van der Waals surface area contributed by atoms with E-state index in [1.54, 1.807) is 0 Å². The molecule has 0 amide bonds. The molecule has 1 aromatic rings. The van der Waals surface area contributed by atoms with Gasteiger partial charge in [0.1, 0.15) is 6.17 Å². The van der Waals surface area contributed by atoms with Crippen molar-refractivity contribution in [2.75, 3.05) is 11.4 Å². The van der Waals surface area contributed by atoms with Crippen LogP contribution in [0.5, 0.6) is 0 Å². The van der Waals surface area contributed by atoms with Gasteiger partial charge in [-0.05, 0) is 50.5 Å². The summed E-state index contributed by atoms with van der Waals surface area (Å²) in [6, 6.07) is 4.83. The van der Waals surface area contributed by atoms with Crippen molar-refractivity contribution in [2.45, 2.75) is 66.5 Å². The maximum atomic E-state index is 2.62. The Kier molecular flexibility index (Phi) is 3.08. The summed E-state index contributed by atoms with van der Waals surface area (Å²) in [7, 11) is 0. The maximum absolute atomic E-state index is 2.62. The first kappa shape index (κ1) is 15.8. The van der Waals surface area contributed by atoms with Crippen molar-refractivity contribution in [2.24, 2.45) is 5.41 Å². The Balaban J connectivity index is 2.11. The lowest BCUT2D eigenvalue weighted by atomic mass is 9.56. The van der Waals surface area contributed by atoms with Gasteiger partial charge in [0, 0.05) is 29.1 Å². The van der Waals surface area contributed by atoms with Gasteiger partial charge in [0.05, 0.1) is 11.4 Å². The lowest BCUT2D eigenvalue weighted by Crippen LogP contribution is -2.61. The fraction of sp³-hybridized carbons (Fsp3) is 0.545. The van der Waals surface area contributed by atoms with E-state index >= 15 is 0 Å². The zero-order valence-electron chi connectivity index (χ0n) is 16.2. The van der Waals surface area contributed by atoms with E-state index in [0.717, 1.165) is 13.0 Å². The van der Waals surface area contributed by atoms with Crippen LogP contribution in [0.15, 0.2) is 30.1 Å². The van der Waals surface area contributed by atoms with Crippen LogP contribution in [-0.2, 0) is 5.41 Å². The lowest BCUT2D eigenvalue weighted by Gasteiger charge is -2.59. The summed E-state index contributed by atoms with van der Waals surface area (Å²) < 4.78 is 0. The number of anilines is 1. The number of rotatable bonds is 2. The normalized spacial score (nSPS) is 29.4. The minimum absolute atomic E-state index is 0.160. The van der Waals surface area contributed by atoms with E-state index in [0.29, 0.717) is 6.17 Å². The monoisotopic (exact) mass is 322 g/mol. The molecule has 4 rings (SSSR count). The fourth-order valence-electron chi connectivity index (χ4n) is 5.29. The molecule has 0 radical (unpaired) electrons. The molecule has 2 atom stereocenters. The number of aryl methyl sites for hydroxylation is 1.